The summed E-state index contributed by atoms with van der Waals surface area (Å²) >= 11 is 6.94. The molecule has 1 fully saturated rings. The van der Waals surface area contributed by atoms with Crippen molar-refractivity contribution in [1.82, 2.24) is 9.80 Å². The highest BCUT2D eigenvalue weighted by molar-refractivity contribution is 8.23. The first-order chi connectivity index (χ1) is 10.2. The summed E-state index contributed by atoms with van der Waals surface area (Å²) in [5.74, 6) is 0.674. The molecule has 0 aromatic heterocycles. The van der Waals surface area contributed by atoms with E-state index in [1.54, 1.807) is 0 Å². The molecule has 0 unspecified atom stereocenters. The van der Waals surface area contributed by atoms with Gasteiger partial charge in [-0.15, -0.1) is 0 Å². The number of carbonyl (C=O) groups excluding carboxylic acids is 1. The first-order valence-corrected chi connectivity index (χ1v) is 8.90. The Morgan fingerprint density at radius 2 is 1.81 bits per heavy atom. The summed E-state index contributed by atoms with van der Waals surface area (Å²) in [6, 6.07) is 8.40. The number of benzene rings is 1. The molecule has 0 spiro atoms. The first-order valence-electron chi connectivity index (χ1n) is 7.50. The van der Waals surface area contributed by atoms with Crippen LogP contribution in [0.1, 0.15) is 24.0 Å². The predicted molar refractivity (Wildman–Crippen MR) is 91.4 cm³/mol. The van der Waals surface area contributed by atoms with Gasteiger partial charge in [0.25, 0.3) is 0 Å². The van der Waals surface area contributed by atoms with Crippen LogP contribution in [0.2, 0.25) is 0 Å². The number of hydrogen-bond acceptors (Lipinski definition) is 3. The van der Waals surface area contributed by atoms with E-state index in [9.17, 15) is 4.79 Å². The number of thioether (sulfide) groups is 1. The first kappa shape index (κ1) is 14.9. The molecule has 0 saturated carbocycles. The van der Waals surface area contributed by atoms with Gasteiger partial charge in [-0.3, -0.25) is 4.79 Å². The molecule has 1 amide bonds. The van der Waals surface area contributed by atoms with Gasteiger partial charge in [0, 0.05) is 26.2 Å². The Hall–Kier alpha value is -1.07. The van der Waals surface area contributed by atoms with E-state index in [4.69, 9.17) is 12.2 Å². The van der Waals surface area contributed by atoms with Crippen molar-refractivity contribution in [1.29, 1.82) is 0 Å². The van der Waals surface area contributed by atoms with Gasteiger partial charge in [-0.25, -0.2) is 0 Å². The zero-order valence-electron chi connectivity index (χ0n) is 12.1. The minimum atomic E-state index is 0.205. The average molecular weight is 320 g/mol. The number of thiocarbonyl (C=S) groups is 1. The molecule has 5 heteroatoms. The van der Waals surface area contributed by atoms with Gasteiger partial charge in [-0.05, 0) is 30.4 Å². The molecule has 0 radical (unpaired) electrons. The number of hydrogen-bond donors (Lipinski definition) is 0. The van der Waals surface area contributed by atoms with E-state index in [-0.39, 0.29) is 5.91 Å². The van der Waals surface area contributed by atoms with E-state index < -0.39 is 0 Å². The maximum Gasteiger partial charge on any atom is 0.233 e. The molecule has 1 aromatic rings. The van der Waals surface area contributed by atoms with Gasteiger partial charge in [-0.1, -0.05) is 48.2 Å². The third-order valence-corrected chi connectivity index (χ3v) is 5.67. The third kappa shape index (κ3) is 3.58. The van der Waals surface area contributed by atoms with E-state index in [1.807, 2.05) is 11.0 Å². The molecular formula is C16H20N2OS2. The highest BCUT2D eigenvalue weighted by Gasteiger charge is 2.22. The monoisotopic (exact) mass is 320 g/mol. The van der Waals surface area contributed by atoms with Crippen LogP contribution in [0, 0.1) is 0 Å². The van der Waals surface area contributed by atoms with Crippen LogP contribution in [-0.4, -0.2) is 45.4 Å². The summed E-state index contributed by atoms with van der Waals surface area (Å²) in [6.07, 6.45) is 3.40. The lowest BCUT2D eigenvalue weighted by Crippen LogP contribution is -2.37. The van der Waals surface area contributed by atoms with Crippen LogP contribution in [0.15, 0.2) is 24.3 Å². The van der Waals surface area contributed by atoms with E-state index in [2.05, 4.69) is 23.1 Å². The largest absolute Gasteiger partial charge is 0.358 e. The highest BCUT2D eigenvalue weighted by atomic mass is 32.2. The second-order valence-corrected chi connectivity index (χ2v) is 7.19. The van der Waals surface area contributed by atoms with Crippen LogP contribution < -0.4 is 0 Å². The van der Waals surface area contributed by atoms with Crippen LogP contribution in [0.4, 0.5) is 0 Å². The second kappa shape index (κ2) is 6.79. The molecule has 1 saturated heterocycles. The molecule has 21 heavy (non-hydrogen) atoms. The minimum absolute atomic E-state index is 0.205. The van der Waals surface area contributed by atoms with Crippen LogP contribution >= 0.6 is 24.0 Å². The highest BCUT2D eigenvalue weighted by Crippen LogP contribution is 2.21. The number of nitrogens with zero attached hydrogens (tertiary/aromatic N) is 2. The smallest absolute Gasteiger partial charge is 0.233 e. The summed E-state index contributed by atoms with van der Waals surface area (Å²) in [5.41, 5.74) is 2.66. The van der Waals surface area contributed by atoms with Gasteiger partial charge in [-0.2, -0.15) is 0 Å². The molecule has 0 N–H and O–H groups in total. The molecule has 0 aliphatic carbocycles. The lowest BCUT2D eigenvalue weighted by molar-refractivity contribution is -0.129. The fourth-order valence-electron chi connectivity index (χ4n) is 2.91. The molecule has 3 rings (SSSR count). The van der Waals surface area contributed by atoms with Gasteiger partial charge in [0.1, 0.15) is 4.32 Å². The number of fused-ring (bicyclic) bond motifs is 1. The van der Waals surface area contributed by atoms with Gasteiger partial charge in [0.2, 0.25) is 5.91 Å². The fraction of sp³-hybridized carbons (Fsp3) is 0.500. The summed E-state index contributed by atoms with van der Waals surface area (Å²) in [5, 5.41) is 0. The summed E-state index contributed by atoms with van der Waals surface area (Å²) in [6.45, 7) is 3.67. The Morgan fingerprint density at radius 1 is 1.10 bits per heavy atom. The van der Waals surface area contributed by atoms with Crippen molar-refractivity contribution in [2.24, 2.45) is 0 Å². The molecule has 0 bridgehead atoms. The Labute approximate surface area is 135 Å². The normalized spacial score (nSPS) is 17.7. The zero-order valence-corrected chi connectivity index (χ0v) is 13.7. The Kier molecular flexibility index (Phi) is 4.80. The van der Waals surface area contributed by atoms with E-state index >= 15 is 0 Å². The third-order valence-electron chi connectivity index (χ3n) is 4.17. The Bertz CT molecular complexity index is 541. The molecule has 1 aromatic carbocycles. The van der Waals surface area contributed by atoms with Gasteiger partial charge < -0.3 is 9.80 Å². The second-order valence-electron chi connectivity index (χ2n) is 5.58. The van der Waals surface area contributed by atoms with Crippen LogP contribution in [0.5, 0.6) is 0 Å². The molecule has 2 aliphatic heterocycles. The topological polar surface area (TPSA) is 23.6 Å². The number of amides is 1. The van der Waals surface area contributed by atoms with Crippen LogP contribution in [0.25, 0.3) is 0 Å². The summed E-state index contributed by atoms with van der Waals surface area (Å²) in [7, 11) is 0. The van der Waals surface area contributed by atoms with Crippen molar-refractivity contribution in [3.63, 3.8) is 0 Å². The lowest BCUT2D eigenvalue weighted by atomic mass is 10.00. The van der Waals surface area contributed by atoms with Crippen molar-refractivity contribution >= 4 is 34.2 Å². The molecule has 112 valence electrons. The lowest BCUT2D eigenvalue weighted by Gasteiger charge is -2.29. The summed E-state index contributed by atoms with van der Waals surface area (Å²) < 4.78 is 0.887. The Morgan fingerprint density at radius 3 is 2.57 bits per heavy atom. The van der Waals surface area contributed by atoms with E-state index in [0.717, 1.165) is 36.9 Å². The van der Waals surface area contributed by atoms with Gasteiger partial charge in [0.05, 0.1) is 5.75 Å². The SMILES string of the molecule is O=C(CSC(=S)N1CCCC1)N1CCc2ccccc2C1. The van der Waals surface area contributed by atoms with Crippen molar-refractivity contribution < 1.29 is 4.79 Å². The number of likely N-dealkylation sites (tertiary alicyclic amines) is 1. The number of rotatable bonds is 2. The minimum Gasteiger partial charge on any atom is -0.358 e. The standard InChI is InChI=1S/C16H20N2OS2/c19-15(12-21-16(20)17-8-3-4-9-17)18-10-7-13-5-1-2-6-14(13)11-18/h1-2,5-6H,3-4,7-12H2. The predicted octanol–water partition coefficient (Wildman–Crippen LogP) is 2.69. The van der Waals surface area contributed by atoms with Crippen molar-refractivity contribution in [3.05, 3.63) is 35.4 Å². The molecule has 2 aliphatic rings. The molecular weight excluding hydrogens is 300 g/mol. The fourth-order valence-corrected chi connectivity index (χ4v) is 4.07. The van der Waals surface area contributed by atoms with Gasteiger partial charge >= 0.3 is 0 Å². The maximum absolute atomic E-state index is 12.4. The Balaban J connectivity index is 1.51. The quantitative estimate of drug-likeness (QED) is 0.782. The molecule has 2 heterocycles. The van der Waals surface area contributed by atoms with Crippen molar-refractivity contribution in [2.45, 2.75) is 25.8 Å². The molecule has 0 atom stereocenters. The molecule has 3 nitrogen and oxygen atoms in total. The van der Waals surface area contributed by atoms with Gasteiger partial charge in [0.15, 0.2) is 0 Å². The van der Waals surface area contributed by atoms with E-state index in [1.165, 1.54) is 35.7 Å². The van der Waals surface area contributed by atoms with Crippen LogP contribution in [-0.2, 0) is 17.8 Å². The van der Waals surface area contributed by atoms with Crippen molar-refractivity contribution in [3.8, 4) is 0 Å². The van der Waals surface area contributed by atoms with Crippen molar-refractivity contribution in [2.75, 3.05) is 25.4 Å². The number of carbonyl (C=O) groups is 1. The zero-order chi connectivity index (χ0) is 14.7. The average Bonchev–Trinajstić information content (AvgIpc) is 3.06. The maximum atomic E-state index is 12.4. The van der Waals surface area contributed by atoms with E-state index in [0.29, 0.717) is 5.75 Å². The summed E-state index contributed by atoms with van der Waals surface area (Å²) in [4.78, 5) is 16.5. The van der Waals surface area contributed by atoms with Crippen LogP contribution in [0.3, 0.4) is 0 Å².